The Bertz CT molecular complexity index is 864. The second-order valence-electron chi connectivity index (χ2n) is 10.4. The van der Waals surface area contributed by atoms with Gasteiger partial charge < -0.3 is 15.0 Å². The zero-order chi connectivity index (χ0) is 23.4. The van der Waals surface area contributed by atoms with Crippen LogP contribution in [0, 0.1) is 17.8 Å². The molecule has 0 aromatic heterocycles. The third kappa shape index (κ3) is 5.65. The summed E-state index contributed by atoms with van der Waals surface area (Å²) in [5, 5.41) is 3.10. The van der Waals surface area contributed by atoms with E-state index in [0.717, 1.165) is 50.6 Å². The van der Waals surface area contributed by atoms with Crippen molar-refractivity contribution in [2.45, 2.75) is 70.8 Å². The lowest BCUT2D eigenvalue weighted by molar-refractivity contribution is -0.151. The van der Waals surface area contributed by atoms with Crippen LogP contribution in [0.1, 0.15) is 82.1 Å². The van der Waals surface area contributed by atoms with Gasteiger partial charge in [-0.15, -0.1) is 0 Å². The number of nitrogens with one attached hydrogen (secondary N) is 1. The molecule has 6 nitrogen and oxygen atoms in total. The number of nitrogens with zero attached hydrogens (tertiary/aromatic N) is 1. The van der Waals surface area contributed by atoms with Gasteiger partial charge in [-0.2, -0.15) is 0 Å². The summed E-state index contributed by atoms with van der Waals surface area (Å²) in [4.78, 5) is 40.8. The lowest BCUT2D eigenvalue weighted by atomic mass is 9.80. The smallest absolute Gasteiger partial charge is 0.251 e. The first-order valence-electron chi connectivity index (χ1n) is 12.7. The number of Topliss-reactive ketones (excluding diaryl/α,β-unsaturated/α-hetero) is 1. The number of ether oxygens (including phenoxy) is 1. The van der Waals surface area contributed by atoms with Crippen LogP contribution in [0.5, 0.6) is 0 Å². The van der Waals surface area contributed by atoms with Crippen molar-refractivity contribution in [3.8, 4) is 0 Å². The summed E-state index contributed by atoms with van der Waals surface area (Å²) < 4.78 is 5.19. The summed E-state index contributed by atoms with van der Waals surface area (Å²) in [7, 11) is 0. The second kappa shape index (κ2) is 10.8. The van der Waals surface area contributed by atoms with Gasteiger partial charge in [0.25, 0.3) is 5.91 Å². The van der Waals surface area contributed by atoms with Crippen molar-refractivity contribution >= 4 is 17.6 Å². The Morgan fingerprint density at radius 3 is 2.48 bits per heavy atom. The van der Waals surface area contributed by atoms with E-state index in [9.17, 15) is 14.4 Å². The average molecular weight is 457 g/mol. The van der Waals surface area contributed by atoms with E-state index >= 15 is 0 Å². The summed E-state index contributed by atoms with van der Waals surface area (Å²) in [5.41, 5.74) is 1.69. The standard InChI is InChI=1S/C27H38N2O4.H2/c1-18(2)25(30)24(19-8-4-3-5-9-19)28-26(31)21-11-6-10-20(14-21)22-12-7-13-29(15-22)27(32)23-16-33-17-23;/h6,10-11,14,18-19,22-24H,3-5,7-9,12-13,15-17H2,1-2H3,(H,28,31);1H/t22?,24-;/m1./s1. The number of ketones is 1. The van der Waals surface area contributed by atoms with Crippen LogP contribution in [-0.2, 0) is 14.3 Å². The monoisotopic (exact) mass is 456 g/mol. The number of hydrogen-bond donors (Lipinski definition) is 1. The first kappa shape index (κ1) is 23.9. The molecule has 33 heavy (non-hydrogen) atoms. The molecule has 4 rings (SSSR count). The Morgan fingerprint density at radius 2 is 1.82 bits per heavy atom. The van der Waals surface area contributed by atoms with E-state index in [0.29, 0.717) is 25.3 Å². The Kier molecular flexibility index (Phi) is 7.84. The van der Waals surface area contributed by atoms with Gasteiger partial charge in [0.05, 0.1) is 25.2 Å². The maximum Gasteiger partial charge on any atom is 0.251 e. The quantitative estimate of drug-likeness (QED) is 0.668. The molecule has 0 spiro atoms. The van der Waals surface area contributed by atoms with Crippen LogP contribution in [0.15, 0.2) is 24.3 Å². The molecule has 0 radical (unpaired) electrons. The molecule has 1 N–H and O–H groups in total. The Labute approximate surface area is 198 Å². The minimum atomic E-state index is -0.408. The lowest BCUT2D eigenvalue weighted by Crippen LogP contribution is -2.48. The highest BCUT2D eigenvalue weighted by Crippen LogP contribution is 2.30. The molecule has 1 aromatic rings. The average Bonchev–Trinajstić information content (AvgIpc) is 2.81. The van der Waals surface area contributed by atoms with E-state index in [2.05, 4.69) is 11.4 Å². The van der Waals surface area contributed by atoms with Crippen LogP contribution < -0.4 is 5.32 Å². The van der Waals surface area contributed by atoms with Gasteiger partial charge in [0, 0.05) is 31.9 Å². The maximum atomic E-state index is 13.2. The second-order valence-corrected chi connectivity index (χ2v) is 10.4. The third-order valence-electron chi connectivity index (χ3n) is 7.62. The van der Waals surface area contributed by atoms with E-state index in [1.807, 2.05) is 36.9 Å². The molecule has 6 heteroatoms. The Hall–Kier alpha value is -2.21. The van der Waals surface area contributed by atoms with Crippen molar-refractivity contribution in [1.82, 2.24) is 10.2 Å². The van der Waals surface area contributed by atoms with Crippen LogP contribution in [0.2, 0.25) is 0 Å². The molecule has 1 aliphatic carbocycles. The number of carbonyl (C=O) groups excluding carboxylic acids is 3. The zero-order valence-electron chi connectivity index (χ0n) is 20.1. The molecule has 2 amide bonds. The number of carbonyl (C=O) groups is 3. The fourth-order valence-corrected chi connectivity index (χ4v) is 5.49. The van der Waals surface area contributed by atoms with Crippen molar-refractivity contribution in [2.24, 2.45) is 17.8 Å². The molecule has 3 aliphatic rings. The number of hydrogen-bond acceptors (Lipinski definition) is 4. The van der Waals surface area contributed by atoms with Gasteiger partial charge >= 0.3 is 0 Å². The summed E-state index contributed by atoms with van der Waals surface area (Å²) in [6, 6.07) is 7.35. The topological polar surface area (TPSA) is 75.7 Å². The molecule has 2 saturated heterocycles. The van der Waals surface area contributed by atoms with Gasteiger partial charge in [0.15, 0.2) is 5.78 Å². The van der Waals surface area contributed by atoms with Crippen LogP contribution in [0.25, 0.3) is 0 Å². The van der Waals surface area contributed by atoms with E-state index in [1.165, 1.54) is 6.42 Å². The highest BCUT2D eigenvalue weighted by molar-refractivity contribution is 5.98. The summed E-state index contributed by atoms with van der Waals surface area (Å²) in [6.45, 7) is 6.39. The highest BCUT2D eigenvalue weighted by Gasteiger charge is 2.34. The molecule has 0 bridgehead atoms. The highest BCUT2D eigenvalue weighted by atomic mass is 16.5. The summed E-state index contributed by atoms with van der Waals surface area (Å²) in [5.74, 6) is 0.524. The van der Waals surface area contributed by atoms with Gasteiger partial charge in [-0.1, -0.05) is 45.2 Å². The molecule has 1 aromatic carbocycles. The van der Waals surface area contributed by atoms with Crippen LogP contribution in [0.3, 0.4) is 0 Å². The first-order chi connectivity index (χ1) is 15.9. The van der Waals surface area contributed by atoms with E-state index < -0.39 is 6.04 Å². The molecular formula is C27H40N2O4. The van der Waals surface area contributed by atoms with Gasteiger partial charge in [0.1, 0.15) is 0 Å². The molecule has 2 heterocycles. The SMILES string of the molecule is CC(C)C(=O)[C@H](NC(=O)c1cccc(C2CCCN(C(=O)C3COC3)C2)c1)C1CCCCC1.[HH]. The predicted molar refractivity (Wildman–Crippen MR) is 129 cm³/mol. The van der Waals surface area contributed by atoms with Crippen molar-refractivity contribution < 1.29 is 20.5 Å². The molecule has 3 fully saturated rings. The molecule has 2 atom stereocenters. The van der Waals surface area contributed by atoms with Crippen molar-refractivity contribution in [2.75, 3.05) is 26.3 Å². The fraction of sp³-hybridized carbons (Fsp3) is 0.667. The zero-order valence-corrected chi connectivity index (χ0v) is 20.1. The number of rotatable bonds is 7. The number of amides is 2. The third-order valence-corrected chi connectivity index (χ3v) is 7.62. The van der Waals surface area contributed by atoms with Crippen LogP contribution >= 0.6 is 0 Å². The van der Waals surface area contributed by atoms with Gasteiger partial charge in [-0.25, -0.2) is 0 Å². The minimum Gasteiger partial charge on any atom is -0.380 e. The van der Waals surface area contributed by atoms with Crippen LogP contribution in [-0.4, -0.2) is 54.8 Å². The predicted octanol–water partition coefficient (Wildman–Crippen LogP) is 4.19. The number of benzene rings is 1. The number of piperidine rings is 1. The maximum absolute atomic E-state index is 13.2. The Morgan fingerprint density at radius 1 is 1.06 bits per heavy atom. The largest absolute Gasteiger partial charge is 0.380 e. The summed E-state index contributed by atoms with van der Waals surface area (Å²) in [6.07, 6.45) is 7.44. The molecule has 2 aliphatic heterocycles. The fourth-order valence-electron chi connectivity index (χ4n) is 5.49. The molecule has 182 valence electrons. The molecular weight excluding hydrogens is 416 g/mol. The van der Waals surface area contributed by atoms with Crippen molar-refractivity contribution in [3.05, 3.63) is 35.4 Å². The van der Waals surface area contributed by atoms with Crippen LogP contribution in [0.4, 0.5) is 0 Å². The van der Waals surface area contributed by atoms with Gasteiger partial charge in [-0.05, 0) is 49.3 Å². The van der Waals surface area contributed by atoms with Gasteiger partial charge in [-0.3, -0.25) is 14.4 Å². The van der Waals surface area contributed by atoms with E-state index in [1.54, 1.807) is 0 Å². The van der Waals surface area contributed by atoms with Crippen molar-refractivity contribution in [3.63, 3.8) is 0 Å². The molecule has 1 saturated carbocycles. The van der Waals surface area contributed by atoms with Gasteiger partial charge in [0.2, 0.25) is 5.91 Å². The summed E-state index contributed by atoms with van der Waals surface area (Å²) >= 11 is 0. The Balaban J connectivity index is 0.00000324. The van der Waals surface area contributed by atoms with E-state index in [4.69, 9.17) is 4.74 Å². The molecule has 1 unspecified atom stereocenters. The normalized spacial score (nSPS) is 23.1. The number of likely N-dealkylation sites (tertiary alicyclic amines) is 1. The minimum absolute atomic E-state index is 0. The van der Waals surface area contributed by atoms with E-state index in [-0.39, 0.29) is 42.7 Å². The first-order valence-corrected chi connectivity index (χ1v) is 12.7. The van der Waals surface area contributed by atoms with Crippen molar-refractivity contribution in [1.29, 1.82) is 0 Å². The lowest BCUT2D eigenvalue weighted by Gasteiger charge is -2.37.